The lowest BCUT2D eigenvalue weighted by Gasteiger charge is -2.15. The number of rotatable bonds is 55. The van der Waals surface area contributed by atoms with Crippen LogP contribution in [0, 0.1) is 0 Å². The van der Waals surface area contributed by atoms with E-state index in [4.69, 9.17) is 9.47 Å². The summed E-state index contributed by atoms with van der Waals surface area (Å²) in [6, 6.07) is 0. The van der Waals surface area contributed by atoms with Crippen LogP contribution in [0.2, 0.25) is 0 Å². The van der Waals surface area contributed by atoms with Crippen molar-refractivity contribution in [3.05, 3.63) is 85.1 Å². The van der Waals surface area contributed by atoms with Gasteiger partial charge >= 0.3 is 11.9 Å². The van der Waals surface area contributed by atoms with Crippen molar-refractivity contribution < 1.29 is 24.2 Å². The van der Waals surface area contributed by atoms with Crippen molar-refractivity contribution in [1.82, 2.24) is 0 Å². The Morgan fingerprint density at radius 2 is 0.614 bits per heavy atom. The van der Waals surface area contributed by atoms with E-state index < -0.39 is 6.10 Å². The minimum atomic E-state index is -0.790. The van der Waals surface area contributed by atoms with E-state index in [0.29, 0.717) is 12.8 Å². The third-order valence-corrected chi connectivity index (χ3v) is 13.2. The molecule has 0 aromatic heterocycles. The van der Waals surface area contributed by atoms with Crippen LogP contribution in [-0.2, 0) is 19.1 Å². The van der Waals surface area contributed by atoms with Crippen molar-refractivity contribution in [2.45, 2.75) is 302 Å². The quantitative estimate of drug-likeness (QED) is 0.0373. The number of carbonyl (C=O) groups is 2. The van der Waals surface area contributed by atoms with Crippen LogP contribution >= 0.6 is 0 Å². The zero-order valence-corrected chi connectivity index (χ0v) is 46.3. The average Bonchev–Trinajstić information content (AvgIpc) is 3.36. The number of unbranched alkanes of at least 4 members (excludes halogenated alkanes) is 33. The maximum absolute atomic E-state index is 12.3. The van der Waals surface area contributed by atoms with Crippen LogP contribution < -0.4 is 0 Å². The maximum Gasteiger partial charge on any atom is 0.306 e. The first-order valence-corrected chi connectivity index (χ1v) is 30.1. The number of aliphatic hydroxyl groups is 1. The van der Waals surface area contributed by atoms with Gasteiger partial charge < -0.3 is 14.6 Å². The monoisotopic (exact) mass is 975 g/mol. The smallest absolute Gasteiger partial charge is 0.306 e. The average molecular weight is 976 g/mol. The molecular weight excluding hydrogens is 861 g/mol. The van der Waals surface area contributed by atoms with Crippen molar-refractivity contribution in [2.24, 2.45) is 0 Å². The number of hydrogen-bond donors (Lipinski definition) is 1. The van der Waals surface area contributed by atoms with Crippen molar-refractivity contribution in [2.75, 3.05) is 13.2 Å². The normalized spacial score (nSPS) is 12.8. The Morgan fingerprint density at radius 3 is 0.943 bits per heavy atom. The molecule has 0 radical (unpaired) electrons. The molecule has 5 heteroatoms. The third kappa shape index (κ3) is 57.7. The minimum Gasteiger partial charge on any atom is -0.462 e. The van der Waals surface area contributed by atoms with Gasteiger partial charge in [0.05, 0.1) is 6.61 Å². The van der Waals surface area contributed by atoms with Crippen molar-refractivity contribution in [3.63, 3.8) is 0 Å². The molecule has 0 rings (SSSR count). The standard InChI is InChI=1S/C65H114O5/c1-3-5-7-9-11-13-15-17-19-21-23-25-27-28-29-30-31-32-33-34-35-36-38-39-41-43-45-47-49-51-53-55-57-59-64(67)69-62-63(61-66)70-65(68)60-58-56-54-52-50-48-46-44-42-40-37-26-24-22-20-18-16-14-12-10-8-6-4-2/h6,8,12,14,18,20-21,23-24,26,40,42,46,48,63,66H,3-5,7,9-11,13,15-17,19,22,25,27-39,41,43-45,47,49-62H2,1-2H3/b8-6-,14-12-,20-18-,23-21-,26-24-,42-40-,48-46-. The van der Waals surface area contributed by atoms with Crippen LogP contribution in [0.1, 0.15) is 296 Å². The van der Waals surface area contributed by atoms with E-state index in [0.717, 1.165) is 89.9 Å². The summed E-state index contributed by atoms with van der Waals surface area (Å²) < 4.78 is 10.7. The Kier molecular flexibility index (Phi) is 57.9. The van der Waals surface area contributed by atoms with Gasteiger partial charge in [-0.3, -0.25) is 9.59 Å². The van der Waals surface area contributed by atoms with E-state index in [9.17, 15) is 14.7 Å². The number of aliphatic hydroxyl groups excluding tert-OH is 1. The summed E-state index contributed by atoms with van der Waals surface area (Å²) in [5.74, 6) is -0.613. The molecule has 1 N–H and O–H groups in total. The highest BCUT2D eigenvalue weighted by Crippen LogP contribution is 2.17. The predicted octanol–water partition coefficient (Wildman–Crippen LogP) is 20.5. The highest BCUT2D eigenvalue weighted by atomic mass is 16.6. The fraction of sp³-hybridized carbons (Fsp3) is 0.754. The Labute approximate surface area is 435 Å². The number of allylic oxidation sites excluding steroid dienone is 14. The molecule has 0 amide bonds. The predicted molar refractivity (Wildman–Crippen MR) is 306 cm³/mol. The van der Waals surface area contributed by atoms with Gasteiger partial charge in [0.2, 0.25) is 0 Å². The molecular formula is C65H114O5. The molecule has 0 spiro atoms. The fourth-order valence-corrected chi connectivity index (χ4v) is 8.67. The molecule has 1 unspecified atom stereocenters. The molecule has 70 heavy (non-hydrogen) atoms. The van der Waals surface area contributed by atoms with E-state index in [1.165, 1.54) is 180 Å². The number of hydrogen-bond acceptors (Lipinski definition) is 5. The van der Waals surface area contributed by atoms with Gasteiger partial charge in [-0.05, 0) is 89.9 Å². The van der Waals surface area contributed by atoms with Gasteiger partial charge in [-0.15, -0.1) is 0 Å². The van der Waals surface area contributed by atoms with E-state index in [2.05, 4.69) is 98.9 Å². The summed E-state index contributed by atoms with van der Waals surface area (Å²) in [6.45, 7) is 4.03. The molecule has 0 bridgehead atoms. The molecule has 0 heterocycles. The van der Waals surface area contributed by atoms with Gasteiger partial charge in [0.1, 0.15) is 6.61 Å². The summed E-state index contributed by atoms with van der Waals surface area (Å²) in [6.07, 6.45) is 84.4. The van der Waals surface area contributed by atoms with Crippen molar-refractivity contribution >= 4 is 11.9 Å². The molecule has 1 atom stereocenters. The Hall–Kier alpha value is -2.92. The van der Waals surface area contributed by atoms with Gasteiger partial charge in [0, 0.05) is 12.8 Å². The van der Waals surface area contributed by atoms with Crippen LogP contribution in [0.3, 0.4) is 0 Å². The van der Waals surface area contributed by atoms with Crippen molar-refractivity contribution in [1.29, 1.82) is 0 Å². The molecule has 404 valence electrons. The van der Waals surface area contributed by atoms with Crippen LogP contribution in [-0.4, -0.2) is 36.4 Å². The molecule has 0 aromatic rings. The molecule has 0 fully saturated rings. The van der Waals surface area contributed by atoms with Crippen LogP contribution in [0.25, 0.3) is 0 Å². The summed E-state index contributed by atoms with van der Waals surface area (Å²) in [5, 5.41) is 9.66. The van der Waals surface area contributed by atoms with Gasteiger partial charge in [-0.1, -0.05) is 279 Å². The number of ether oxygens (including phenoxy) is 2. The van der Waals surface area contributed by atoms with E-state index >= 15 is 0 Å². The molecule has 0 aromatic carbocycles. The van der Waals surface area contributed by atoms with Gasteiger partial charge in [0.15, 0.2) is 6.10 Å². The Balaban J connectivity index is 3.48. The van der Waals surface area contributed by atoms with E-state index in [1.54, 1.807) is 0 Å². The van der Waals surface area contributed by atoms with E-state index in [1.807, 2.05) is 0 Å². The second kappa shape index (κ2) is 60.4. The van der Waals surface area contributed by atoms with Crippen molar-refractivity contribution in [3.8, 4) is 0 Å². The fourth-order valence-electron chi connectivity index (χ4n) is 8.67. The minimum absolute atomic E-state index is 0.0780. The van der Waals surface area contributed by atoms with Gasteiger partial charge in [-0.25, -0.2) is 0 Å². The first-order valence-electron chi connectivity index (χ1n) is 30.1. The first-order chi connectivity index (χ1) is 34.6. The summed E-state index contributed by atoms with van der Waals surface area (Å²) in [4.78, 5) is 24.5. The lowest BCUT2D eigenvalue weighted by atomic mass is 10.0. The maximum atomic E-state index is 12.3. The summed E-state index contributed by atoms with van der Waals surface area (Å²) in [5.41, 5.74) is 0. The first kappa shape index (κ1) is 67.1. The highest BCUT2D eigenvalue weighted by Gasteiger charge is 2.16. The highest BCUT2D eigenvalue weighted by molar-refractivity contribution is 5.70. The zero-order valence-electron chi connectivity index (χ0n) is 46.3. The van der Waals surface area contributed by atoms with Gasteiger partial charge in [-0.2, -0.15) is 0 Å². The van der Waals surface area contributed by atoms with Crippen LogP contribution in [0.15, 0.2) is 85.1 Å². The number of esters is 2. The largest absolute Gasteiger partial charge is 0.462 e. The summed E-state index contributed by atoms with van der Waals surface area (Å²) in [7, 11) is 0. The lowest BCUT2D eigenvalue weighted by molar-refractivity contribution is -0.161. The number of carbonyl (C=O) groups excluding carboxylic acids is 2. The molecule has 5 nitrogen and oxygen atoms in total. The van der Waals surface area contributed by atoms with Crippen LogP contribution in [0.4, 0.5) is 0 Å². The molecule has 0 saturated carbocycles. The molecule has 0 aliphatic carbocycles. The second-order valence-electron chi connectivity index (χ2n) is 20.0. The topological polar surface area (TPSA) is 72.8 Å². The summed E-state index contributed by atoms with van der Waals surface area (Å²) >= 11 is 0. The Bertz CT molecular complexity index is 1290. The molecule has 0 aliphatic heterocycles. The molecule has 0 aliphatic rings. The lowest BCUT2D eigenvalue weighted by Crippen LogP contribution is -2.28. The SMILES string of the molecule is CC/C=C\C/C=C\C/C=C\C/C=C\C/C=C\C/C=C\CCCCCCC(=O)OC(CO)COC(=O)CCCCCCCCCCCCCCCCCCCCCCC/C=C\CCCCCCCCCC. The zero-order chi connectivity index (χ0) is 50.6. The Morgan fingerprint density at radius 1 is 0.343 bits per heavy atom. The van der Waals surface area contributed by atoms with Gasteiger partial charge in [0.25, 0.3) is 0 Å². The van der Waals surface area contributed by atoms with Crippen LogP contribution in [0.5, 0.6) is 0 Å². The second-order valence-corrected chi connectivity index (χ2v) is 20.0. The molecule has 0 saturated heterocycles. The van der Waals surface area contributed by atoms with E-state index in [-0.39, 0.29) is 25.2 Å². The third-order valence-electron chi connectivity index (χ3n) is 13.2.